The first-order valence-corrected chi connectivity index (χ1v) is 23.0. The molecule has 10 N–H and O–H groups in total. The maximum atomic E-state index is 13.8. The molecule has 0 radical (unpaired) electrons. The quantitative estimate of drug-likeness (QED) is 0.0545. The van der Waals surface area contributed by atoms with Crippen LogP contribution < -0.4 is 27.0 Å². The zero-order valence-corrected chi connectivity index (χ0v) is 42.5. The molecule has 1 aliphatic carbocycles. The Morgan fingerprint density at radius 2 is 1.45 bits per heavy atom. The molecule has 0 saturated heterocycles. The number of nitrogens with one attached hydrogen (secondary N) is 4. The van der Waals surface area contributed by atoms with Gasteiger partial charge >= 0.3 is 18.3 Å². The van der Waals surface area contributed by atoms with E-state index in [1.807, 2.05) is 20.2 Å². The number of amides is 4. The molecule has 390 valence electrons. The van der Waals surface area contributed by atoms with E-state index in [0.29, 0.717) is 18.7 Å². The van der Waals surface area contributed by atoms with Gasteiger partial charge in [-0.3, -0.25) is 4.79 Å². The van der Waals surface area contributed by atoms with Crippen LogP contribution in [0.4, 0.5) is 14.4 Å². The highest BCUT2D eigenvalue weighted by Gasteiger charge is 2.51. The molecular formula is C45H85N7O15. The number of alkyl carbamates (subject to hydrolysis) is 2. The first-order chi connectivity index (χ1) is 30.8. The van der Waals surface area contributed by atoms with Crippen LogP contribution in [0.2, 0.25) is 0 Å². The lowest BCUT2D eigenvalue weighted by Gasteiger charge is -2.48. The smallest absolute Gasteiger partial charge is 0.410 e. The van der Waals surface area contributed by atoms with Gasteiger partial charge in [0, 0.05) is 26.7 Å². The molecule has 1 aliphatic heterocycles. The van der Waals surface area contributed by atoms with E-state index in [1.165, 1.54) is 14.0 Å². The number of hydrogen-bond acceptors (Lipinski definition) is 18. The highest BCUT2D eigenvalue weighted by atomic mass is 16.7. The third kappa shape index (κ3) is 21.3. The number of carbonyl (C=O) groups excluding carboxylic acids is 4. The van der Waals surface area contributed by atoms with Gasteiger partial charge in [0.05, 0.1) is 43.9 Å². The van der Waals surface area contributed by atoms with Crippen LogP contribution in [0.25, 0.3) is 0 Å². The van der Waals surface area contributed by atoms with Crippen LogP contribution in [0.1, 0.15) is 102 Å². The zero-order valence-electron chi connectivity index (χ0n) is 42.5. The third-order valence-corrected chi connectivity index (χ3v) is 10.4. The number of nitrogens with zero attached hydrogens (tertiary/aromatic N) is 2. The Kier molecular flexibility index (Phi) is 23.0. The number of nitrogens with two attached hydrogens (primary N) is 1. The van der Waals surface area contributed by atoms with Gasteiger partial charge in [0.15, 0.2) is 6.29 Å². The molecule has 0 aromatic rings. The molecule has 11 atom stereocenters. The van der Waals surface area contributed by atoms with Gasteiger partial charge in [-0.1, -0.05) is 13.8 Å². The van der Waals surface area contributed by atoms with Crippen molar-refractivity contribution in [1.82, 2.24) is 31.1 Å². The molecule has 1 saturated carbocycles. The molecular weight excluding hydrogens is 879 g/mol. The first-order valence-electron chi connectivity index (χ1n) is 23.0. The van der Waals surface area contributed by atoms with Gasteiger partial charge in [-0.15, -0.1) is 0 Å². The molecule has 2 aliphatic rings. The number of ether oxygens (including phenoxy) is 7. The molecule has 0 spiro atoms. The van der Waals surface area contributed by atoms with Crippen molar-refractivity contribution in [2.24, 2.45) is 11.1 Å². The molecule has 0 unspecified atom stereocenters. The van der Waals surface area contributed by atoms with Gasteiger partial charge in [0.25, 0.3) is 0 Å². The second-order valence-electron chi connectivity index (χ2n) is 21.3. The predicted octanol–water partition coefficient (Wildman–Crippen LogP) is 1.26. The Balaban J connectivity index is 2.68. The Morgan fingerprint density at radius 1 is 0.866 bits per heavy atom. The van der Waals surface area contributed by atoms with E-state index >= 15 is 0 Å². The second-order valence-corrected chi connectivity index (χ2v) is 21.3. The highest BCUT2D eigenvalue weighted by Crippen LogP contribution is 2.32. The summed E-state index contributed by atoms with van der Waals surface area (Å²) in [6.07, 6.45) is -11.5. The van der Waals surface area contributed by atoms with Crippen molar-refractivity contribution in [1.29, 1.82) is 0 Å². The van der Waals surface area contributed by atoms with E-state index in [2.05, 4.69) is 40.0 Å². The van der Waals surface area contributed by atoms with E-state index < -0.39 is 115 Å². The summed E-state index contributed by atoms with van der Waals surface area (Å²) in [5.41, 5.74) is 3.23. The predicted molar refractivity (Wildman–Crippen MR) is 247 cm³/mol. The van der Waals surface area contributed by atoms with E-state index in [-0.39, 0.29) is 38.0 Å². The second kappa shape index (κ2) is 25.9. The van der Waals surface area contributed by atoms with Crippen molar-refractivity contribution < 1.29 is 72.8 Å². The lowest BCUT2D eigenvalue weighted by molar-refractivity contribution is -0.276. The van der Waals surface area contributed by atoms with Gasteiger partial charge < -0.3 is 90.4 Å². The number of rotatable bonds is 22. The number of aliphatic hydroxyl groups is 4. The molecule has 2 rings (SSSR count). The van der Waals surface area contributed by atoms with Crippen LogP contribution in [-0.2, 0) is 38.0 Å². The molecule has 22 nitrogen and oxygen atoms in total. The summed E-state index contributed by atoms with van der Waals surface area (Å²) in [4.78, 5) is 55.9. The van der Waals surface area contributed by atoms with Crippen molar-refractivity contribution in [2.75, 3.05) is 60.5 Å². The number of likely N-dealkylation sites (N-methyl/N-ethyl adjacent to an activating group) is 1. The van der Waals surface area contributed by atoms with Crippen LogP contribution in [0.3, 0.4) is 0 Å². The average Bonchev–Trinajstić information content (AvgIpc) is 3.17. The summed E-state index contributed by atoms with van der Waals surface area (Å²) in [5.74, 6) is -0.508. The number of carbonyl (C=O) groups is 4. The van der Waals surface area contributed by atoms with Crippen LogP contribution in [0, 0.1) is 5.41 Å². The Bertz CT molecular complexity index is 1600. The fourth-order valence-corrected chi connectivity index (χ4v) is 7.39. The minimum Gasteiger partial charge on any atom is -0.467 e. The molecule has 67 heavy (non-hydrogen) atoms. The Hall–Kier alpha value is -3.58. The van der Waals surface area contributed by atoms with E-state index in [4.69, 9.17) is 38.9 Å². The van der Waals surface area contributed by atoms with Crippen molar-refractivity contribution in [3.05, 3.63) is 11.8 Å². The normalized spacial score (nSPS) is 24.6. The van der Waals surface area contributed by atoms with Crippen molar-refractivity contribution >= 4 is 24.2 Å². The minimum atomic E-state index is -1.78. The summed E-state index contributed by atoms with van der Waals surface area (Å²) in [5, 5.41) is 56.7. The Morgan fingerprint density at radius 3 is 2.00 bits per heavy atom. The Labute approximate surface area is 397 Å². The summed E-state index contributed by atoms with van der Waals surface area (Å²) < 4.78 is 41.6. The van der Waals surface area contributed by atoms with E-state index in [0.717, 1.165) is 11.4 Å². The first kappa shape index (κ1) is 59.5. The van der Waals surface area contributed by atoms with Crippen LogP contribution in [-0.4, -0.2) is 199 Å². The maximum absolute atomic E-state index is 13.8. The zero-order chi connectivity index (χ0) is 51.2. The highest BCUT2D eigenvalue weighted by molar-refractivity contribution is 5.81. The third-order valence-electron chi connectivity index (χ3n) is 10.4. The van der Waals surface area contributed by atoms with Gasteiger partial charge in [-0.05, 0) is 114 Å². The van der Waals surface area contributed by atoms with Crippen LogP contribution in [0.15, 0.2) is 11.8 Å². The topological polar surface area (TPSA) is 294 Å². The molecule has 0 aromatic carbocycles. The standard InChI is InChI=1S/C45H85N7O15/c1-26(52(15)41(60)67-44(8,9)10)32(55)38(61-21-20-53)64-34-29(49-36(57)31(54)18-19-47-39(58)65-42(2,3)4)22-30(50-40(59)66-43(5,6)7)35(33(34)56)63-37-28(17-16-27(23-46)62-37)48-24-45(11,12)25-51(13)14/h16,26,28-35,37-38,48,53-56H,17-25,46H2,1-15H3,(H,47,58)(H,49,57)(H,50,59)/t26-,28+,29+,30-,31-,32+,33+,34-,35+,37+,38+/m0/s1. The monoisotopic (exact) mass is 964 g/mol. The molecule has 1 fully saturated rings. The van der Waals surface area contributed by atoms with Crippen molar-refractivity contribution in [2.45, 2.75) is 186 Å². The van der Waals surface area contributed by atoms with E-state index in [1.54, 1.807) is 62.3 Å². The fourth-order valence-electron chi connectivity index (χ4n) is 7.39. The molecule has 0 aromatic heterocycles. The summed E-state index contributed by atoms with van der Waals surface area (Å²) in [7, 11) is 5.36. The average molecular weight is 964 g/mol. The van der Waals surface area contributed by atoms with E-state index in [9.17, 15) is 39.6 Å². The largest absolute Gasteiger partial charge is 0.467 e. The fraction of sp³-hybridized carbons (Fsp3) is 0.867. The van der Waals surface area contributed by atoms with Gasteiger partial charge in [0.1, 0.15) is 53.1 Å². The molecule has 0 bridgehead atoms. The number of aliphatic hydroxyl groups excluding tert-OH is 4. The van der Waals surface area contributed by atoms with Crippen molar-refractivity contribution in [3.8, 4) is 0 Å². The minimum absolute atomic E-state index is 0.0403. The van der Waals surface area contributed by atoms with Crippen molar-refractivity contribution in [3.63, 3.8) is 0 Å². The van der Waals surface area contributed by atoms with Crippen LogP contribution >= 0.6 is 0 Å². The van der Waals surface area contributed by atoms with Gasteiger partial charge in [-0.25, -0.2) is 14.4 Å². The summed E-state index contributed by atoms with van der Waals surface area (Å²) in [6.45, 7) is 21.1. The molecule has 1 heterocycles. The SMILES string of the molecule is C[C@@H]([C@@H](O)[C@H](OCCO)O[C@@H]1[C@@H](O)[C@H](O[C@H]2OC(CN)=CC[C@H]2NCC(C)(C)CN(C)C)[C@@H](NC(=O)OC(C)(C)C)C[C@H]1NC(=O)[C@@H](O)CCNC(=O)OC(C)(C)C)N(C)C(=O)OC(C)(C)C. The van der Waals surface area contributed by atoms with Crippen LogP contribution in [0.5, 0.6) is 0 Å². The van der Waals surface area contributed by atoms with Gasteiger partial charge in [-0.2, -0.15) is 0 Å². The van der Waals surface area contributed by atoms with Gasteiger partial charge in [0.2, 0.25) is 12.2 Å². The number of hydrogen-bond donors (Lipinski definition) is 9. The molecule has 4 amide bonds. The lowest BCUT2D eigenvalue weighted by Crippen LogP contribution is -2.68. The molecule has 22 heteroatoms. The summed E-state index contributed by atoms with van der Waals surface area (Å²) >= 11 is 0. The summed E-state index contributed by atoms with van der Waals surface area (Å²) in [6, 6.07) is -3.95. The lowest BCUT2D eigenvalue weighted by atomic mass is 9.83. The maximum Gasteiger partial charge on any atom is 0.410 e.